The van der Waals surface area contributed by atoms with Crippen molar-refractivity contribution in [2.75, 3.05) is 18.6 Å². The first-order valence-electron chi connectivity index (χ1n) is 5.20. The van der Waals surface area contributed by atoms with Crippen molar-refractivity contribution < 1.29 is 13.2 Å². The highest BCUT2D eigenvalue weighted by molar-refractivity contribution is 9.10. The van der Waals surface area contributed by atoms with Gasteiger partial charge in [0.2, 0.25) is 0 Å². The van der Waals surface area contributed by atoms with Gasteiger partial charge in [0.05, 0.1) is 11.5 Å². The smallest absolute Gasteiger partial charge is 0.270 e. The number of halogens is 1. The normalized spacial score (nSPS) is 22.6. The molecule has 1 atom stereocenters. The van der Waals surface area contributed by atoms with Gasteiger partial charge in [-0.3, -0.25) is 4.79 Å². The first-order valence-corrected chi connectivity index (χ1v) is 7.82. The fourth-order valence-corrected chi connectivity index (χ4v) is 4.05. The van der Waals surface area contributed by atoms with Gasteiger partial charge >= 0.3 is 0 Å². The van der Waals surface area contributed by atoms with Crippen LogP contribution in [0.3, 0.4) is 0 Å². The Morgan fingerprint density at radius 1 is 1.59 bits per heavy atom. The molecular formula is C10H13BrN2O3S. The van der Waals surface area contributed by atoms with E-state index in [-0.39, 0.29) is 23.5 Å². The van der Waals surface area contributed by atoms with Gasteiger partial charge in [-0.25, -0.2) is 8.42 Å². The molecular weight excluding hydrogens is 308 g/mol. The second kappa shape index (κ2) is 4.45. The SMILES string of the molecule is CN(C(=O)c1cc(Br)c[nH]1)[C@H]1CCS(=O)(=O)C1. The van der Waals surface area contributed by atoms with E-state index in [1.165, 1.54) is 4.90 Å². The minimum absolute atomic E-state index is 0.0666. The maximum atomic E-state index is 12.0. The topological polar surface area (TPSA) is 70.2 Å². The lowest BCUT2D eigenvalue weighted by Crippen LogP contribution is -2.37. The van der Waals surface area contributed by atoms with Crippen molar-refractivity contribution in [1.82, 2.24) is 9.88 Å². The molecule has 7 heteroatoms. The molecule has 1 aliphatic heterocycles. The zero-order valence-corrected chi connectivity index (χ0v) is 11.7. The molecule has 1 aromatic heterocycles. The van der Waals surface area contributed by atoms with E-state index >= 15 is 0 Å². The van der Waals surface area contributed by atoms with Crippen molar-refractivity contribution in [1.29, 1.82) is 0 Å². The molecule has 0 spiro atoms. The van der Waals surface area contributed by atoms with Crippen LogP contribution in [0.25, 0.3) is 0 Å². The molecule has 1 N–H and O–H groups in total. The Morgan fingerprint density at radius 2 is 2.29 bits per heavy atom. The maximum absolute atomic E-state index is 12.0. The van der Waals surface area contributed by atoms with E-state index in [0.717, 1.165) is 4.47 Å². The molecule has 94 valence electrons. The highest BCUT2D eigenvalue weighted by Gasteiger charge is 2.33. The number of nitrogens with zero attached hydrogens (tertiary/aromatic N) is 1. The first kappa shape index (κ1) is 12.6. The summed E-state index contributed by atoms with van der Waals surface area (Å²) in [6, 6.07) is 1.47. The second-order valence-corrected chi connectivity index (χ2v) is 7.35. The molecule has 5 nitrogen and oxygen atoms in total. The summed E-state index contributed by atoms with van der Waals surface area (Å²) < 4.78 is 23.5. The minimum atomic E-state index is -2.96. The van der Waals surface area contributed by atoms with E-state index in [2.05, 4.69) is 20.9 Å². The number of aromatic amines is 1. The van der Waals surface area contributed by atoms with Crippen LogP contribution in [0.1, 0.15) is 16.9 Å². The Kier molecular flexibility index (Phi) is 3.31. The summed E-state index contributed by atoms with van der Waals surface area (Å²) in [5.74, 6) is 0.0543. The van der Waals surface area contributed by atoms with Gasteiger partial charge in [-0.1, -0.05) is 0 Å². The molecule has 0 radical (unpaired) electrons. The Bertz CT molecular complexity index is 538. The van der Waals surface area contributed by atoms with Gasteiger partial charge in [0, 0.05) is 23.8 Å². The third kappa shape index (κ3) is 2.71. The molecule has 1 amide bonds. The fraction of sp³-hybridized carbons (Fsp3) is 0.500. The van der Waals surface area contributed by atoms with Crippen LogP contribution in [0.4, 0.5) is 0 Å². The average Bonchev–Trinajstić information content (AvgIpc) is 2.82. The highest BCUT2D eigenvalue weighted by atomic mass is 79.9. The molecule has 0 unspecified atom stereocenters. The molecule has 0 aliphatic carbocycles. The first-order chi connectivity index (χ1) is 7.89. The molecule has 0 bridgehead atoms. The number of carbonyl (C=O) groups excluding carboxylic acids is 1. The van der Waals surface area contributed by atoms with Gasteiger partial charge in [-0.2, -0.15) is 0 Å². The Balaban J connectivity index is 2.11. The number of hydrogen-bond donors (Lipinski definition) is 1. The number of aromatic nitrogens is 1. The van der Waals surface area contributed by atoms with Crippen molar-refractivity contribution in [2.24, 2.45) is 0 Å². The summed E-state index contributed by atoms with van der Waals surface area (Å²) >= 11 is 3.25. The lowest BCUT2D eigenvalue weighted by atomic mass is 10.2. The predicted molar refractivity (Wildman–Crippen MR) is 67.6 cm³/mol. The summed E-state index contributed by atoms with van der Waals surface area (Å²) in [4.78, 5) is 16.4. The van der Waals surface area contributed by atoms with Crippen molar-refractivity contribution in [3.8, 4) is 0 Å². The fourth-order valence-electron chi connectivity index (χ4n) is 1.93. The number of nitrogens with one attached hydrogen (secondary N) is 1. The number of hydrogen-bond acceptors (Lipinski definition) is 3. The summed E-state index contributed by atoms with van der Waals surface area (Å²) in [6.07, 6.45) is 2.19. The standard InChI is InChI=1S/C10H13BrN2O3S/c1-13(8-2-3-17(15,16)6-8)10(14)9-4-7(11)5-12-9/h4-5,8,12H,2-3,6H2,1H3/t8-/m0/s1. The molecule has 17 heavy (non-hydrogen) atoms. The van der Waals surface area contributed by atoms with Crippen LogP contribution in [-0.2, 0) is 9.84 Å². The van der Waals surface area contributed by atoms with Crippen LogP contribution >= 0.6 is 15.9 Å². The predicted octanol–water partition coefficient (Wildman–Crippen LogP) is 1.04. The average molecular weight is 321 g/mol. The molecule has 1 aliphatic rings. The van der Waals surface area contributed by atoms with Crippen LogP contribution in [-0.4, -0.2) is 48.8 Å². The summed E-state index contributed by atoms with van der Waals surface area (Å²) in [5.41, 5.74) is 0.462. The lowest BCUT2D eigenvalue weighted by molar-refractivity contribution is 0.0742. The number of amides is 1. The van der Waals surface area contributed by atoms with Gasteiger partial charge in [-0.05, 0) is 28.4 Å². The van der Waals surface area contributed by atoms with Crippen LogP contribution in [0.15, 0.2) is 16.7 Å². The second-order valence-electron chi connectivity index (χ2n) is 4.20. The van der Waals surface area contributed by atoms with Crippen LogP contribution < -0.4 is 0 Å². The highest BCUT2D eigenvalue weighted by Crippen LogP contribution is 2.19. The number of rotatable bonds is 2. The van der Waals surface area contributed by atoms with Crippen LogP contribution in [0.2, 0.25) is 0 Å². The molecule has 0 saturated carbocycles. The zero-order chi connectivity index (χ0) is 12.6. The van der Waals surface area contributed by atoms with E-state index < -0.39 is 9.84 Å². The van der Waals surface area contributed by atoms with Crippen molar-refractivity contribution in [3.63, 3.8) is 0 Å². The number of H-pyrrole nitrogens is 1. The monoisotopic (exact) mass is 320 g/mol. The van der Waals surface area contributed by atoms with Gasteiger partial charge in [0.15, 0.2) is 9.84 Å². The Morgan fingerprint density at radius 3 is 2.76 bits per heavy atom. The molecule has 0 aromatic carbocycles. The van der Waals surface area contributed by atoms with Crippen LogP contribution in [0, 0.1) is 0 Å². The molecule has 2 rings (SSSR count). The number of carbonyl (C=O) groups is 1. The van der Waals surface area contributed by atoms with Gasteiger partial charge in [0.1, 0.15) is 5.69 Å². The third-order valence-electron chi connectivity index (χ3n) is 2.95. The van der Waals surface area contributed by atoms with E-state index in [0.29, 0.717) is 12.1 Å². The van der Waals surface area contributed by atoms with Crippen molar-refractivity contribution in [2.45, 2.75) is 12.5 Å². The van der Waals surface area contributed by atoms with Gasteiger partial charge in [-0.15, -0.1) is 0 Å². The van der Waals surface area contributed by atoms with Crippen LogP contribution in [0.5, 0.6) is 0 Å². The molecule has 1 aromatic rings. The van der Waals surface area contributed by atoms with Crippen molar-refractivity contribution >= 4 is 31.7 Å². The molecule has 2 heterocycles. The van der Waals surface area contributed by atoms with E-state index in [9.17, 15) is 13.2 Å². The maximum Gasteiger partial charge on any atom is 0.270 e. The molecule has 1 saturated heterocycles. The lowest BCUT2D eigenvalue weighted by Gasteiger charge is -2.22. The van der Waals surface area contributed by atoms with E-state index in [1.54, 1.807) is 19.3 Å². The Hall–Kier alpha value is -0.820. The van der Waals surface area contributed by atoms with Crippen molar-refractivity contribution in [3.05, 3.63) is 22.4 Å². The molecule has 1 fully saturated rings. The summed E-state index contributed by atoms with van der Waals surface area (Å²) in [5, 5.41) is 0. The summed E-state index contributed by atoms with van der Waals surface area (Å²) in [7, 11) is -1.32. The zero-order valence-electron chi connectivity index (χ0n) is 9.31. The third-order valence-corrected chi connectivity index (χ3v) is 5.16. The number of sulfone groups is 1. The largest absolute Gasteiger partial charge is 0.356 e. The quantitative estimate of drug-likeness (QED) is 0.885. The Labute approximate surface area is 108 Å². The van der Waals surface area contributed by atoms with Gasteiger partial charge in [0.25, 0.3) is 5.91 Å². The minimum Gasteiger partial charge on any atom is -0.356 e. The van der Waals surface area contributed by atoms with E-state index in [4.69, 9.17) is 0 Å². The summed E-state index contributed by atoms with van der Waals surface area (Å²) in [6.45, 7) is 0. The van der Waals surface area contributed by atoms with Gasteiger partial charge < -0.3 is 9.88 Å². The van der Waals surface area contributed by atoms with E-state index in [1.807, 2.05) is 0 Å².